The molecule has 0 unspecified atom stereocenters. The number of hydrogen-bond donors (Lipinski definition) is 2. The van der Waals surface area contributed by atoms with Gasteiger partial charge < -0.3 is 5.73 Å². The topological polar surface area (TPSA) is 115 Å². The smallest absolute Gasteiger partial charge is 0.289 e. The molecule has 0 aliphatic heterocycles. The van der Waals surface area contributed by atoms with Crippen molar-refractivity contribution < 1.29 is 13.3 Å². The van der Waals surface area contributed by atoms with Crippen LogP contribution in [0.5, 0.6) is 0 Å². The summed E-state index contributed by atoms with van der Waals surface area (Å²) in [5, 5.41) is 10.5. The molecule has 0 atom stereocenters. The SMILES string of the molecule is CCC(N)(CC)CNS(=O)(=O)c1cc(C)cc([N+](=O)[O-])c1Cl. The largest absolute Gasteiger partial charge is 0.324 e. The van der Waals surface area contributed by atoms with E-state index in [1.165, 1.54) is 12.1 Å². The Balaban J connectivity index is 3.21. The number of benzene rings is 1. The Hall–Kier alpha value is -1.22. The molecule has 3 N–H and O–H groups in total. The zero-order valence-electron chi connectivity index (χ0n) is 12.7. The number of sulfonamides is 1. The first kappa shape index (κ1) is 18.8. The third-order valence-electron chi connectivity index (χ3n) is 3.67. The molecule has 0 spiro atoms. The summed E-state index contributed by atoms with van der Waals surface area (Å²) in [6.45, 7) is 5.32. The Labute approximate surface area is 135 Å². The predicted octanol–water partition coefficient (Wildman–Crippen LogP) is 2.35. The number of rotatable bonds is 7. The molecule has 0 bridgehead atoms. The van der Waals surface area contributed by atoms with Crippen LogP contribution in [0, 0.1) is 17.0 Å². The van der Waals surface area contributed by atoms with Crippen molar-refractivity contribution in [1.82, 2.24) is 4.72 Å². The van der Waals surface area contributed by atoms with Crippen molar-refractivity contribution in [1.29, 1.82) is 0 Å². The minimum Gasteiger partial charge on any atom is -0.324 e. The van der Waals surface area contributed by atoms with E-state index in [1.807, 2.05) is 13.8 Å². The van der Waals surface area contributed by atoms with Gasteiger partial charge in [0.2, 0.25) is 10.0 Å². The van der Waals surface area contributed by atoms with Crippen molar-refractivity contribution in [2.75, 3.05) is 6.54 Å². The van der Waals surface area contributed by atoms with Gasteiger partial charge in [-0.05, 0) is 31.4 Å². The lowest BCUT2D eigenvalue weighted by Crippen LogP contribution is -2.49. The lowest BCUT2D eigenvalue weighted by atomic mass is 9.95. The maximum Gasteiger partial charge on any atom is 0.289 e. The molecule has 0 aliphatic carbocycles. The van der Waals surface area contributed by atoms with Gasteiger partial charge in [0.15, 0.2) is 0 Å². The Morgan fingerprint density at radius 1 is 1.36 bits per heavy atom. The van der Waals surface area contributed by atoms with E-state index in [2.05, 4.69) is 4.72 Å². The molecular weight excluding hydrogens is 330 g/mol. The van der Waals surface area contributed by atoms with Crippen molar-refractivity contribution in [3.8, 4) is 0 Å². The highest BCUT2D eigenvalue weighted by atomic mass is 35.5. The molecule has 0 heterocycles. The molecule has 0 aromatic heterocycles. The second-order valence-electron chi connectivity index (χ2n) is 5.25. The first-order valence-electron chi connectivity index (χ1n) is 6.79. The molecule has 9 heteroatoms. The maximum atomic E-state index is 12.4. The quantitative estimate of drug-likeness (QED) is 0.579. The Kier molecular flexibility index (Phi) is 5.91. The fraction of sp³-hybridized carbons (Fsp3) is 0.538. The fourth-order valence-corrected chi connectivity index (χ4v) is 3.66. The Morgan fingerprint density at radius 3 is 2.36 bits per heavy atom. The number of hydrogen-bond acceptors (Lipinski definition) is 5. The molecule has 1 aromatic rings. The van der Waals surface area contributed by atoms with Gasteiger partial charge in [0.25, 0.3) is 5.69 Å². The summed E-state index contributed by atoms with van der Waals surface area (Å²) in [5.74, 6) is 0. The van der Waals surface area contributed by atoms with Crippen LogP contribution in [0.4, 0.5) is 5.69 Å². The van der Waals surface area contributed by atoms with Crippen LogP contribution in [0.2, 0.25) is 5.02 Å². The standard InChI is InChI=1S/C13H20ClN3O4S/c1-4-13(15,5-2)8-16-22(20,21)11-7-9(3)6-10(12(11)14)17(18)19/h6-7,16H,4-5,8,15H2,1-3H3. The van der Waals surface area contributed by atoms with E-state index in [0.29, 0.717) is 18.4 Å². The Bertz CT molecular complexity index is 672. The second-order valence-corrected chi connectivity index (χ2v) is 7.36. The van der Waals surface area contributed by atoms with Crippen LogP contribution in [0.1, 0.15) is 32.3 Å². The van der Waals surface area contributed by atoms with Crippen LogP contribution in [0.15, 0.2) is 17.0 Å². The fourth-order valence-electron chi connectivity index (χ4n) is 1.86. The molecule has 7 nitrogen and oxygen atoms in total. The van der Waals surface area contributed by atoms with Gasteiger partial charge in [0.05, 0.1) is 4.92 Å². The van der Waals surface area contributed by atoms with Gasteiger partial charge in [-0.25, -0.2) is 13.1 Å². The van der Waals surface area contributed by atoms with Crippen LogP contribution in [-0.4, -0.2) is 25.4 Å². The van der Waals surface area contributed by atoms with Gasteiger partial charge in [-0.15, -0.1) is 0 Å². The number of nitrogens with one attached hydrogen (secondary N) is 1. The summed E-state index contributed by atoms with van der Waals surface area (Å²) < 4.78 is 27.2. The van der Waals surface area contributed by atoms with E-state index >= 15 is 0 Å². The molecule has 1 rings (SSSR count). The van der Waals surface area contributed by atoms with Crippen LogP contribution in [0.3, 0.4) is 0 Å². The van der Waals surface area contributed by atoms with E-state index in [4.69, 9.17) is 17.3 Å². The molecule has 0 amide bonds. The van der Waals surface area contributed by atoms with E-state index in [0.717, 1.165) is 0 Å². The lowest BCUT2D eigenvalue weighted by Gasteiger charge is -2.26. The highest BCUT2D eigenvalue weighted by molar-refractivity contribution is 7.89. The molecule has 0 fully saturated rings. The summed E-state index contributed by atoms with van der Waals surface area (Å²) in [5.41, 5.74) is 5.38. The minimum absolute atomic E-state index is 0.0282. The van der Waals surface area contributed by atoms with Crippen molar-refractivity contribution in [2.24, 2.45) is 5.73 Å². The van der Waals surface area contributed by atoms with E-state index in [-0.39, 0.29) is 11.4 Å². The van der Waals surface area contributed by atoms with Gasteiger partial charge in [-0.1, -0.05) is 25.4 Å². The molecule has 0 saturated carbocycles. The van der Waals surface area contributed by atoms with Gasteiger partial charge in [-0.3, -0.25) is 10.1 Å². The molecule has 0 saturated heterocycles. The molecule has 0 aliphatic rings. The lowest BCUT2D eigenvalue weighted by molar-refractivity contribution is -0.385. The van der Waals surface area contributed by atoms with Gasteiger partial charge >= 0.3 is 0 Å². The van der Waals surface area contributed by atoms with Gasteiger partial charge in [-0.2, -0.15) is 0 Å². The number of halogens is 1. The molecular formula is C13H20ClN3O4S. The monoisotopic (exact) mass is 349 g/mol. The summed E-state index contributed by atoms with van der Waals surface area (Å²) in [6, 6.07) is 2.53. The highest BCUT2D eigenvalue weighted by Gasteiger charge is 2.28. The normalized spacial score (nSPS) is 12.4. The van der Waals surface area contributed by atoms with Crippen LogP contribution in [-0.2, 0) is 10.0 Å². The number of nitrogens with zero attached hydrogens (tertiary/aromatic N) is 1. The van der Waals surface area contributed by atoms with Crippen molar-refractivity contribution in [3.05, 3.63) is 32.8 Å². The first-order valence-corrected chi connectivity index (χ1v) is 8.65. The maximum absolute atomic E-state index is 12.4. The predicted molar refractivity (Wildman–Crippen MR) is 85.5 cm³/mol. The van der Waals surface area contributed by atoms with E-state index in [9.17, 15) is 18.5 Å². The molecule has 1 aromatic carbocycles. The van der Waals surface area contributed by atoms with Gasteiger partial charge in [0.1, 0.15) is 9.92 Å². The van der Waals surface area contributed by atoms with Crippen molar-refractivity contribution >= 4 is 27.3 Å². The summed E-state index contributed by atoms with van der Waals surface area (Å²) in [7, 11) is -3.99. The van der Waals surface area contributed by atoms with Crippen LogP contribution >= 0.6 is 11.6 Å². The van der Waals surface area contributed by atoms with Crippen LogP contribution in [0.25, 0.3) is 0 Å². The summed E-state index contributed by atoms with van der Waals surface area (Å²) >= 11 is 5.89. The number of nitro groups is 1. The minimum atomic E-state index is -3.99. The average molecular weight is 350 g/mol. The van der Waals surface area contributed by atoms with Crippen LogP contribution < -0.4 is 10.5 Å². The number of aryl methyl sites for hydroxylation is 1. The Morgan fingerprint density at radius 2 is 1.91 bits per heavy atom. The van der Waals surface area contributed by atoms with Crippen molar-refractivity contribution in [2.45, 2.75) is 44.0 Å². The second kappa shape index (κ2) is 6.91. The number of nitrogens with two attached hydrogens (primary N) is 1. The average Bonchev–Trinajstić information content (AvgIpc) is 2.46. The third kappa shape index (κ3) is 4.16. The molecule has 124 valence electrons. The van der Waals surface area contributed by atoms with E-state index < -0.39 is 31.2 Å². The van der Waals surface area contributed by atoms with Crippen molar-refractivity contribution in [3.63, 3.8) is 0 Å². The zero-order valence-corrected chi connectivity index (χ0v) is 14.3. The highest BCUT2D eigenvalue weighted by Crippen LogP contribution is 2.32. The zero-order chi connectivity index (χ0) is 17.1. The third-order valence-corrected chi connectivity index (χ3v) is 5.61. The first-order chi connectivity index (χ1) is 10.1. The summed E-state index contributed by atoms with van der Waals surface area (Å²) in [4.78, 5) is 9.93. The summed E-state index contributed by atoms with van der Waals surface area (Å²) in [6.07, 6.45) is 1.18. The van der Waals surface area contributed by atoms with E-state index in [1.54, 1.807) is 6.92 Å². The molecule has 0 radical (unpaired) electrons. The van der Waals surface area contributed by atoms with Gasteiger partial charge in [0, 0.05) is 18.2 Å². The molecule has 22 heavy (non-hydrogen) atoms. The number of nitro benzene ring substituents is 1.